The van der Waals surface area contributed by atoms with E-state index < -0.39 is 0 Å². The third kappa shape index (κ3) is 2.31. The topological polar surface area (TPSA) is 17.1 Å². The number of carbonyl (C=O) groups is 1. The van der Waals surface area contributed by atoms with E-state index in [1.807, 2.05) is 11.4 Å². The SMILES string of the molecule is Cc1cc(C)c(-c2ccsc2C(=O)S)c(C)c1. The van der Waals surface area contributed by atoms with Crippen molar-refractivity contribution in [3.63, 3.8) is 0 Å². The van der Waals surface area contributed by atoms with E-state index in [1.54, 1.807) is 0 Å². The minimum atomic E-state index is -0.158. The lowest BCUT2D eigenvalue weighted by atomic mass is 9.94. The van der Waals surface area contributed by atoms with Crippen LogP contribution in [-0.2, 0) is 0 Å². The molecule has 2 rings (SSSR count). The lowest BCUT2D eigenvalue weighted by molar-refractivity contribution is 0.109. The predicted octanol–water partition coefficient (Wildman–Crippen LogP) is 4.41. The second-order valence-corrected chi connectivity index (χ2v) is 5.56. The van der Waals surface area contributed by atoms with Crippen LogP contribution >= 0.6 is 24.0 Å². The molecule has 17 heavy (non-hydrogen) atoms. The molecule has 0 saturated carbocycles. The normalized spacial score (nSPS) is 10.6. The average molecular weight is 262 g/mol. The van der Waals surface area contributed by atoms with Crippen LogP contribution in [0.5, 0.6) is 0 Å². The number of aryl methyl sites for hydroxylation is 3. The van der Waals surface area contributed by atoms with E-state index in [4.69, 9.17) is 0 Å². The van der Waals surface area contributed by atoms with Gasteiger partial charge in [-0.05, 0) is 48.9 Å². The number of hydrogen-bond acceptors (Lipinski definition) is 2. The standard InChI is InChI=1S/C14H14OS2/c1-8-6-9(2)12(10(3)7-8)11-4-5-17-13(11)14(15)16/h4-7H,1-3H3,(H,15,16). The van der Waals surface area contributed by atoms with Crippen LogP contribution in [-0.4, -0.2) is 5.12 Å². The van der Waals surface area contributed by atoms with Crippen molar-refractivity contribution in [2.45, 2.75) is 20.8 Å². The van der Waals surface area contributed by atoms with Gasteiger partial charge >= 0.3 is 0 Å². The van der Waals surface area contributed by atoms with Crippen molar-refractivity contribution >= 4 is 29.1 Å². The Labute approximate surface area is 111 Å². The molecule has 0 bridgehead atoms. The second-order valence-electron chi connectivity index (χ2n) is 4.24. The van der Waals surface area contributed by atoms with Crippen LogP contribution in [0, 0.1) is 20.8 Å². The summed E-state index contributed by atoms with van der Waals surface area (Å²) >= 11 is 5.38. The monoisotopic (exact) mass is 262 g/mol. The van der Waals surface area contributed by atoms with E-state index in [2.05, 4.69) is 45.5 Å². The Hall–Kier alpha value is -1.06. The molecule has 1 heterocycles. The Morgan fingerprint density at radius 3 is 2.29 bits per heavy atom. The molecule has 0 aliphatic rings. The maximum atomic E-state index is 11.5. The van der Waals surface area contributed by atoms with Crippen LogP contribution in [0.3, 0.4) is 0 Å². The van der Waals surface area contributed by atoms with Gasteiger partial charge in [-0.25, -0.2) is 0 Å². The number of hydrogen-bond donors (Lipinski definition) is 1. The largest absolute Gasteiger partial charge is 0.281 e. The highest BCUT2D eigenvalue weighted by atomic mass is 32.1. The number of carbonyl (C=O) groups excluding carboxylic acids is 1. The molecule has 0 unspecified atom stereocenters. The summed E-state index contributed by atoms with van der Waals surface area (Å²) < 4.78 is 0. The molecule has 88 valence electrons. The van der Waals surface area contributed by atoms with Gasteiger partial charge < -0.3 is 0 Å². The maximum absolute atomic E-state index is 11.5. The molecule has 1 aromatic heterocycles. The molecule has 0 fully saturated rings. The molecule has 2 aromatic rings. The Kier molecular flexibility index (Phi) is 3.40. The van der Waals surface area contributed by atoms with Crippen molar-refractivity contribution in [1.82, 2.24) is 0 Å². The van der Waals surface area contributed by atoms with Gasteiger partial charge in [0, 0.05) is 5.56 Å². The average Bonchev–Trinajstić information content (AvgIpc) is 2.64. The third-order valence-electron chi connectivity index (χ3n) is 2.81. The fraction of sp³-hybridized carbons (Fsp3) is 0.214. The Morgan fingerprint density at radius 1 is 1.18 bits per heavy atom. The molecule has 0 saturated heterocycles. The van der Waals surface area contributed by atoms with Crippen LogP contribution in [0.4, 0.5) is 0 Å². The van der Waals surface area contributed by atoms with Crippen molar-refractivity contribution in [2.75, 3.05) is 0 Å². The van der Waals surface area contributed by atoms with Gasteiger partial charge in [-0.3, -0.25) is 4.79 Å². The second kappa shape index (κ2) is 4.67. The van der Waals surface area contributed by atoms with Gasteiger partial charge in [0.2, 0.25) is 5.12 Å². The van der Waals surface area contributed by atoms with Gasteiger partial charge in [-0.1, -0.05) is 30.3 Å². The van der Waals surface area contributed by atoms with E-state index in [9.17, 15) is 4.79 Å². The zero-order valence-electron chi connectivity index (χ0n) is 10.1. The first kappa shape index (κ1) is 12.4. The minimum absolute atomic E-state index is 0.158. The molecule has 0 amide bonds. The van der Waals surface area contributed by atoms with Crippen LogP contribution in [0.25, 0.3) is 11.1 Å². The van der Waals surface area contributed by atoms with Gasteiger partial charge in [-0.2, -0.15) is 0 Å². The number of benzene rings is 1. The van der Waals surface area contributed by atoms with Gasteiger partial charge in [-0.15, -0.1) is 11.3 Å². The van der Waals surface area contributed by atoms with E-state index >= 15 is 0 Å². The molecule has 1 aromatic carbocycles. The van der Waals surface area contributed by atoms with E-state index in [0.717, 1.165) is 16.0 Å². The number of thiophene rings is 1. The molecule has 0 atom stereocenters. The fourth-order valence-electron chi connectivity index (χ4n) is 2.28. The van der Waals surface area contributed by atoms with E-state index in [1.165, 1.54) is 28.0 Å². The molecule has 0 N–H and O–H groups in total. The highest BCUT2D eigenvalue weighted by Crippen LogP contribution is 2.34. The fourth-order valence-corrected chi connectivity index (χ4v) is 3.29. The smallest absolute Gasteiger partial charge is 0.226 e. The van der Waals surface area contributed by atoms with Crippen molar-refractivity contribution in [3.05, 3.63) is 45.1 Å². The summed E-state index contributed by atoms with van der Waals surface area (Å²) in [5.41, 5.74) is 5.82. The third-order valence-corrected chi connectivity index (χ3v) is 4.09. The molecule has 0 aliphatic heterocycles. The molecule has 0 aliphatic carbocycles. The summed E-state index contributed by atoms with van der Waals surface area (Å²) in [6.07, 6.45) is 0. The molecular formula is C14H14OS2. The summed E-state index contributed by atoms with van der Waals surface area (Å²) in [5, 5.41) is 1.78. The van der Waals surface area contributed by atoms with Crippen LogP contribution in [0.1, 0.15) is 26.4 Å². The molecule has 3 heteroatoms. The molecule has 0 radical (unpaired) electrons. The Bertz CT molecular complexity index is 559. The van der Waals surface area contributed by atoms with Crippen LogP contribution in [0.15, 0.2) is 23.6 Å². The number of thiol groups is 1. The molecule has 0 spiro atoms. The molecular weight excluding hydrogens is 248 g/mol. The summed E-state index contributed by atoms with van der Waals surface area (Å²) in [6.45, 7) is 6.25. The zero-order chi connectivity index (χ0) is 12.6. The summed E-state index contributed by atoms with van der Waals surface area (Å²) in [7, 11) is 0. The minimum Gasteiger partial charge on any atom is -0.281 e. The quantitative estimate of drug-likeness (QED) is 0.793. The Morgan fingerprint density at radius 2 is 1.76 bits per heavy atom. The van der Waals surface area contributed by atoms with Crippen molar-refractivity contribution < 1.29 is 4.79 Å². The van der Waals surface area contributed by atoms with Gasteiger partial charge in [0.05, 0.1) is 4.88 Å². The molecule has 1 nitrogen and oxygen atoms in total. The highest BCUT2D eigenvalue weighted by Gasteiger charge is 2.15. The van der Waals surface area contributed by atoms with Crippen molar-refractivity contribution in [1.29, 1.82) is 0 Å². The highest BCUT2D eigenvalue weighted by molar-refractivity contribution is 7.97. The Balaban J connectivity index is 2.69. The number of rotatable bonds is 2. The summed E-state index contributed by atoms with van der Waals surface area (Å²) in [6, 6.07) is 6.29. The van der Waals surface area contributed by atoms with Gasteiger partial charge in [0.25, 0.3) is 0 Å². The first-order valence-corrected chi connectivity index (χ1v) is 6.72. The summed E-state index contributed by atoms with van der Waals surface area (Å²) in [4.78, 5) is 12.2. The van der Waals surface area contributed by atoms with Gasteiger partial charge in [0.15, 0.2) is 0 Å². The first-order valence-electron chi connectivity index (χ1n) is 5.39. The van der Waals surface area contributed by atoms with Crippen LogP contribution in [0.2, 0.25) is 0 Å². The van der Waals surface area contributed by atoms with E-state index in [-0.39, 0.29) is 5.12 Å². The van der Waals surface area contributed by atoms with Gasteiger partial charge in [0.1, 0.15) is 0 Å². The first-order chi connectivity index (χ1) is 8.00. The van der Waals surface area contributed by atoms with E-state index in [0.29, 0.717) is 0 Å². The lowest BCUT2D eigenvalue weighted by Crippen LogP contribution is -1.93. The zero-order valence-corrected chi connectivity index (χ0v) is 11.8. The lowest BCUT2D eigenvalue weighted by Gasteiger charge is -2.11. The summed E-state index contributed by atoms with van der Waals surface area (Å²) in [5.74, 6) is 0. The van der Waals surface area contributed by atoms with Crippen molar-refractivity contribution in [3.8, 4) is 11.1 Å². The maximum Gasteiger partial charge on any atom is 0.226 e. The predicted molar refractivity (Wildman–Crippen MR) is 77.3 cm³/mol. The van der Waals surface area contributed by atoms with Crippen molar-refractivity contribution in [2.24, 2.45) is 0 Å². The van der Waals surface area contributed by atoms with Crippen LogP contribution < -0.4 is 0 Å².